The van der Waals surface area contributed by atoms with Crippen molar-refractivity contribution in [3.63, 3.8) is 0 Å². The molecule has 0 bridgehead atoms. The molecule has 488 valence electrons. The van der Waals surface area contributed by atoms with Gasteiger partial charge in [0, 0.05) is 6.42 Å². The van der Waals surface area contributed by atoms with Crippen LogP contribution >= 0.6 is 7.82 Å². The van der Waals surface area contributed by atoms with E-state index < -0.39 is 20.0 Å². The number of nitrogens with one attached hydrogen (secondary N) is 1. The molecule has 0 radical (unpaired) electrons. The van der Waals surface area contributed by atoms with Crippen molar-refractivity contribution >= 4 is 13.7 Å². The number of carbonyl (C=O) groups excluding carboxylic acids is 1. The van der Waals surface area contributed by atoms with E-state index in [4.69, 9.17) is 9.05 Å². The monoisotopic (exact) mass is 1180 g/mol. The zero-order valence-corrected chi connectivity index (χ0v) is 56.9. The molecule has 9 heteroatoms. The van der Waals surface area contributed by atoms with E-state index in [-0.39, 0.29) is 19.1 Å². The number of unbranched alkanes of at least 4 members (excludes halogenated alkanes) is 54. The molecule has 3 atom stereocenters. The van der Waals surface area contributed by atoms with Crippen molar-refractivity contribution in [2.75, 3.05) is 40.9 Å². The van der Waals surface area contributed by atoms with E-state index in [0.717, 1.165) is 38.5 Å². The van der Waals surface area contributed by atoms with Gasteiger partial charge in [0.1, 0.15) is 13.2 Å². The second-order valence-corrected chi connectivity index (χ2v) is 28.1. The summed E-state index contributed by atoms with van der Waals surface area (Å²) in [6.07, 6.45) is 85.1. The molecule has 0 aliphatic carbocycles. The molecule has 0 heterocycles. The minimum Gasteiger partial charge on any atom is -0.387 e. The van der Waals surface area contributed by atoms with Gasteiger partial charge >= 0.3 is 7.82 Å². The maximum atomic E-state index is 13.0. The van der Waals surface area contributed by atoms with E-state index in [9.17, 15) is 19.4 Å². The van der Waals surface area contributed by atoms with E-state index in [1.54, 1.807) is 6.08 Å². The maximum absolute atomic E-state index is 13.0. The lowest BCUT2D eigenvalue weighted by molar-refractivity contribution is -0.870. The van der Waals surface area contributed by atoms with Gasteiger partial charge in [0.2, 0.25) is 5.91 Å². The van der Waals surface area contributed by atoms with E-state index >= 15 is 0 Å². The van der Waals surface area contributed by atoms with E-state index in [0.29, 0.717) is 17.4 Å². The first-order valence-electron chi connectivity index (χ1n) is 36.7. The summed E-state index contributed by atoms with van der Waals surface area (Å²) in [6, 6.07) is -0.861. The van der Waals surface area contributed by atoms with Crippen LogP contribution in [0.15, 0.2) is 24.3 Å². The largest absolute Gasteiger partial charge is 0.472 e. The van der Waals surface area contributed by atoms with Crippen molar-refractivity contribution in [2.24, 2.45) is 0 Å². The third-order valence-electron chi connectivity index (χ3n) is 17.2. The van der Waals surface area contributed by atoms with Gasteiger partial charge in [-0.25, -0.2) is 4.57 Å². The van der Waals surface area contributed by atoms with Crippen LogP contribution in [-0.4, -0.2) is 73.4 Å². The van der Waals surface area contributed by atoms with Crippen LogP contribution in [0.3, 0.4) is 0 Å². The normalized spacial score (nSPS) is 13.7. The molecule has 3 N–H and O–H groups in total. The molecule has 82 heavy (non-hydrogen) atoms. The van der Waals surface area contributed by atoms with E-state index in [2.05, 4.69) is 31.3 Å². The number of aliphatic hydroxyl groups is 1. The number of amides is 1. The molecular weight excluding hydrogens is 1030 g/mol. The van der Waals surface area contributed by atoms with Gasteiger partial charge in [-0.05, 0) is 32.1 Å². The zero-order chi connectivity index (χ0) is 59.8. The number of phosphoric ester groups is 1. The van der Waals surface area contributed by atoms with Gasteiger partial charge < -0.3 is 19.8 Å². The molecular formula is C73H146N2O6P+. The Kier molecular flexibility index (Phi) is 63.7. The Labute approximate surface area is 513 Å². The topological polar surface area (TPSA) is 105 Å². The smallest absolute Gasteiger partial charge is 0.387 e. The summed E-state index contributed by atoms with van der Waals surface area (Å²) in [7, 11) is 1.57. The average molecular weight is 1180 g/mol. The van der Waals surface area contributed by atoms with Gasteiger partial charge in [0.15, 0.2) is 0 Å². The molecule has 1 amide bonds. The van der Waals surface area contributed by atoms with Crippen molar-refractivity contribution in [1.82, 2.24) is 5.32 Å². The first kappa shape index (κ1) is 81.0. The molecule has 0 aromatic rings. The Bertz CT molecular complexity index is 1390. The predicted octanol–water partition coefficient (Wildman–Crippen LogP) is 23.4. The van der Waals surface area contributed by atoms with Crippen LogP contribution in [0.25, 0.3) is 0 Å². The summed E-state index contributed by atoms with van der Waals surface area (Å²) in [5.74, 6) is -0.178. The number of rotatable bonds is 69. The number of quaternary nitrogens is 1. The summed E-state index contributed by atoms with van der Waals surface area (Å²) >= 11 is 0. The SMILES string of the molecule is CCCCCCCCCCCCCCCC/C=C/CC/C=C/C(O)C(COP(=O)(O)OCC[N+](C)(C)C)NC(=O)CCCCCCCCCCCCCCCCCCCCCCCCCCCCCCCCCCCCCCCCCC. The summed E-state index contributed by atoms with van der Waals surface area (Å²) in [6.45, 7) is 4.86. The standard InChI is InChI=1S/C73H145N2O6P/c1-6-8-10-12-14-16-18-20-22-24-26-28-29-30-31-32-33-34-35-36-37-38-39-40-41-42-43-44-45-46-47-49-51-53-55-57-59-61-63-65-67-73(77)74-71(70-81-82(78,79)80-69-68-75(3,4)5)72(76)66-64-62-60-58-56-54-52-50-48-27-25-23-21-19-17-15-13-11-9-7-2/h56,58,64,66,71-72,76H,6-55,57,59-63,65,67-70H2,1-5H3,(H-,74,77,78,79)/p+1/b58-56+,66-64+. The van der Waals surface area contributed by atoms with E-state index in [1.807, 2.05) is 27.2 Å². The van der Waals surface area contributed by atoms with E-state index in [1.165, 1.54) is 327 Å². The van der Waals surface area contributed by atoms with Crippen molar-refractivity contribution in [2.45, 2.75) is 398 Å². The van der Waals surface area contributed by atoms with Gasteiger partial charge in [-0.2, -0.15) is 0 Å². The molecule has 0 fully saturated rings. The van der Waals surface area contributed by atoms with Crippen LogP contribution < -0.4 is 5.32 Å². The molecule has 0 aliphatic rings. The number of hydrogen-bond donors (Lipinski definition) is 3. The molecule has 0 aromatic carbocycles. The van der Waals surface area contributed by atoms with Crippen molar-refractivity contribution in [3.8, 4) is 0 Å². The number of hydrogen-bond acceptors (Lipinski definition) is 5. The lowest BCUT2D eigenvalue weighted by Gasteiger charge is -2.25. The molecule has 0 aromatic heterocycles. The number of phosphoric acid groups is 1. The van der Waals surface area contributed by atoms with Gasteiger partial charge in [-0.3, -0.25) is 13.8 Å². The predicted molar refractivity (Wildman–Crippen MR) is 360 cm³/mol. The Morgan fingerprint density at radius 3 is 0.976 bits per heavy atom. The van der Waals surface area contributed by atoms with Crippen molar-refractivity contribution < 1.29 is 32.9 Å². The number of carbonyl (C=O) groups is 1. The molecule has 0 saturated heterocycles. The lowest BCUT2D eigenvalue weighted by Crippen LogP contribution is -2.45. The fourth-order valence-corrected chi connectivity index (χ4v) is 12.2. The highest BCUT2D eigenvalue weighted by molar-refractivity contribution is 7.47. The highest BCUT2D eigenvalue weighted by Gasteiger charge is 2.28. The Balaban J connectivity index is 3.90. The number of aliphatic hydroxyl groups excluding tert-OH is 1. The zero-order valence-electron chi connectivity index (χ0n) is 56.0. The molecule has 8 nitrogen and oxygen atoms in total. The van der Waals surface area contributed by atoms with Crippen molar-refractivity contribution in [1.29, 1.82) is 0 Å². The quantitative estimate of drug-likeness (QED) is 0.0243. The van der Waals surface area contributed by atoms with Crippen LogP contribution in [0, 0.1) is 0 Å². The summed E-state index contributed by atoms with van der Waals surface area (Å²) in [4.78, 5) is 23.4. The second-order valence-electron chi connectivity index (χ2n) is 26.7. The minimum absolute atomic E-state index is 0.0590. The molecule has 0 spiro atoms. The maximum Gasteiger partial charge on any atom is 0.472 e. The molecule has 0 aliphatic heterocycles. The fourth-order valence-electron chi connectivity index (χ4n) is 11.5. The number of allylic oxidation sites excluding steroid dienone is 3. The lowest BCUT2D eigenvalue weighted by atomic mass is 10.0. The molecule has 0 rings (SSSR count). The van der Waals surface area contributed by atoms with Gasteiger partial charge in [0.25, 0.3) is 0 Å². The van der Waals surface area contributed by atoms with Crippen molar-refractivity contribution in [3.05, 3.63) is 24.3 Å². The third-order valence-corrected chi connectivity index (χ3v) is 18.2. The minimum atomic E-state index is -4.36. The first-order valence-corrected chi connectivity index (χ1v) is 38.2. The van der Waals surface area contributed by atoms with Crippen LogP contribution in [-0.2, 0) is 18.4 Å². The second kappa shape index (κ2) is 64.5. The highest BCUT2D eigenvalue weighted by Crippen LogP contribution is 2.43. The van der Waals surface area contributed by atoms with Crippen LogP contribution in [0.1, 0.15) is 386 Å². The van der Waals surface area contributed by atoms with Crippen LogP contribution in [0.2, 0.25) is 0 Å². The summed E-state index contributed by atoms with van der Waals surface area (Å²) in [5, 5.41) is 14.0. The Morgan fingerprint density at radius 1 is 0.402 bits per heavy atom. The highest BCUT2D eigenvalue weighted by atomic mass is 31.2. The fraction of sp³-hybridized carbons (Fsp3) is 0.932. The summed E-state index contributed by atoms with van der Waals surface area (Å²) in [5.41, 5.74) is 0. The van der Waals surface area contributed by atoms with Crippen LogP contribution in [0.5, 0.6) is 0 Å². The Morgan fingerprint density at radius 2 is 0.671 bits per heavy atom. The Hall–Kier alpha value is -1.02. The third kappa shape index (κ3) is 66.5. The van der Waals surface area contributed by atoms with Gasteiger partial charge in [0.05, 0.1) is 39.9 Å². The van der Waals surface area contributed by atoms with Crippen LogP contribution in [0.4, 0.5) is 0 Å². The van der Waals surface area contributed by atoms with Gasteiger partial charge in [-0.1, -0.05) is 372 Å². The summed E-state index contributed by atoms with van der Waals surface area (Å²) < 4.78 is 23.8. The molecule has 3 unspecified atom stereocenters. The number of likely N-dealkylation sites (N-methyl/N-ethyl adjacent to an activating group) is 1. The first-order chi connectivity index (χ1) is 40.0. The average Bonchev–Trinajstić information content (AvgIpc) is 3.45. The van der Waals surface area contributed by atoms with Gasteiger partial charge in [-0.15, -0.1) is 0 Å². The molecule has 0 saturated carbocycles. The number of nitrogens with zero attached hydrogens (tertiary/aromatic N) is 1.